The van der Waals surface area contributed by atoms with Gasteiger partial charge in [0, 0.05) is 0 Å². The first kappa shape index (κ1) is 16.3. The van der Waals surface area contributed by atoms with Gasteiger partial charge in [0.25, 0.3) is 0 Å². The van der Waals surface area contributed by atoms with Crippen molar-refractivity contribution in [2.45, 2.75) is 70.8 Å². The topological polar surface area (TPSA) is 43.4 Å². The van der Waals surface area contributed by atoms with E-state index >= 15 is 0 Å². The Bertz CT molecular complexity index is 359. The van der Waals surface area contributed by atoms with Crippen LogP contribution in [0.1, 0.15) is 64.7 Å². The molecule has 118 valence electrons. The lowest BCUT2D eigenvalue weighted by Gasteiger charge is -2.30. The van der Waals surface area contributed by atoms with Gasteiger partial charge >= 0.3 is 5.97 Å². The van der Waals surface area contributed by atoms with Crippen molar-refractivity contribution in [3.8, 4) is 0 Å². The Morgan fingerprint density at radius 3 is 2.29 bits per heavy atom. The molecule has 0 atom stereocenters. The number of allylic oxidation sites excluding steroid dienone is 2. The normalized spacial score (nSPS) is 33.8. The van der Waals surface area contributed by atoms with Crippen LogP contribution in [-0.2, 0) is 14.3 Å². The Morgan fingerprint density at radius 2 is 1.71 bits per heavy atom. The minimum Gasteiger partial charge on any atom is -0.462 e. The number of hydrogen-bond donors (Lipinski definition) is 0. The Hall–Kier alpha value is -1.12. The molecule has 0 saturated heterocycles. The smallest absolute Gasteiger partial charge is 0.309 e. The van der Waals surface area contributed by atoms with Crippen LogP contribution in [0.5, 0.6) is 0 Å². The zero-order valence-corrected chi connectivity index (χ0v) is 13.1. The number of esters is 1. The molecule has 0 aromatic rings. The third-order valence-corrected chi connectivity index (χ3v) is 5.22. The molecule has 0 amide bonds. The summed E-state index contributed by atoms with van der Waals surface area (Å²) in [5, 5.41) is 0. The van der Waals surface area contributed by atoms with E-state index in [9.17, 15) is 9.59 Å². The van der Waals surface area contributed by atoms with Crippen LogP contribution < -0.4 is 0 Å². The second-order valence-electron chi connectivity index (χ2n) is 6.62. The predicted molar refractivity (Wildman–Crippen MR) is 82.8 cm³/mol. The van der Waals surface area contributed by atoms with Crippen molar-refractivity contribution in [3.63, 3.8) is 0 Å². The van der Waals surface area contributed by atoms with Crippen molar-refractivity contribution in [1.29, 1.82) is 0 Å². The zero-order chi connectivity index (χ0) is 15.1. The fourth-order valence-corrected chi connectivity index (χ4v) is 3.67. The zero-order valence-electron chi connectivity index (χ0n) is 13.1. The molecule has 2 fully saturated rings. The average Bonchev–Trinajstić information content (AvgIpc) is 2.54. The van der Waals surface area contributed by atoms with E-state index in [4.69, 9.17) is 4.74 Å². The first-order valence-electron chi connectivity index (χ1n) is 8.55. The lowest BCUT2D eigenvalue weighted by Crippen LogP contribution is -2.29. The van der Waals surface area contributed by atoms with E-state index in [2.05, 4.69) is 6.92 Å². The molecular formula is C18H28O3. The summed E-state index contributed by atoms with van der Waals surface area (Å²) in [6, 6.07) is 0. The fourth-order valence-electron chi connectivity index (χ4n) is 3.67. The summed E-state index contributed by atoms with van der Waals surface area (Å²) < 4.78 is 5.72. The van der Waals surface area contributed by atoms with E-state index in [0.717, 1.165) is 50.7 Å². The average molecular weight is 292 g/mol. The molecule has 21 heavy (non-hydrogen) atoms. The van der Waals surface area contributed by atoms with Gasteiger partial charge in [0.05, 0.1) is 5.92 Å². The summed E-state index contributed by atoms with van der Waals surface area (Å²) in [6.45, 7) is 2.24. The second-order valence-corrected chi connectivity index (χ2v) is 6.62. The monoisotopic (exact) mass is 292 g/mol. The molecule has 2 aliphatic carbocycles. The molecule has 0 aromatic carbocycles. The number of carbonyl (C=O) groups excluding carboxylic acids is 2. The maximum Gasteiger partial charge on any atom is 0.309 e. The van der Waals surface area contributed by atoms with Gasteiger partial charge in [-0.3, -0.25) is 9.59 Å². The lowest BCUT2D eigenvalue weighted by molar-refractivity contribution is -0.157. The van der Waals surface area contributed by atoms with Crippen molar-refractivity contribution >= 4 is 12.3 Å². The van der Waals surface area contributed by atoms with Crippen LogP contribution in [0.25, 0.3) is 0 Å². The molecule has 2 aliphatic rings. The van der Waals surface area contributed by atoms with Crippen LogP contribution >= 0.6 is 0 Å². The second kappa shape index (κ2) is 8.35. The highest BCUT2D eigenvalue weighted by atomic mass is 16.5. The summed E-state index contributed by atoms with van der Waals surface area (Å²) >= 11 is 0. The van der Waals surface area contributed by atoms with Crippen molar-refractivity contribution in [3.05, 3.63) is 12.2 Å². The van der Waals surface area contributed by atoms with E-state index in [1.54, 1.807) is 6.08 Å². The van der Waals surface area contributed by atoms with Crippen LogP contribution in [0, 0.1) is 17.8 Å². The van der Waals surface area contributed by atoms with Crippen molar-refractivity contribution in [2.24, 2.45) is 17.8 Å². The van der Waals surface area contributed by atoms with Gasteiger partial charge in [-0.05, 0) is 69.3 Å². The van der Waals surface area contributed by atoms with E-state index in [1.165, 1.54) is 19.3 Å². The predicted octanol–water partition coefficient (Wildman–Crippen LogP) is 4.06. The highest BCUT2D eigenvalue weighted by Crippen LogP contribution is 2.33. The van der Waals surface area contributed by atoms with Gasteiger partial charge in [0.15, 0.2) is 0 Å². The minimum absolute atomic E-state index is 0.0384. The van der Waals surface area contributed by atoms with Crippen LogP contribution in [0.15, 0.2) is 12.2 Å². The number of rotatable bonds is 5. The van der Waals surface area contributed by atoms with Gasteiger partial charge in [0.2, 0.25) is 0 Å². The summed E-state index contributed by atoms with van der Waals surface area (Å²) in [5.74, 6) is 1.47. The maximum atomic E-state index is 12.2. The lowest BCUT2D eigenvalue weighted by atomic mass is 9.81. The molecule has 2 rings (SSSR count). The molecule has 0 aliphatic heterocycles. The van der Waals surface area contributed by atoms with Crippen LogP contribution in [0.2, 0.25) is 0 Å². The van der Waals surface area contributed by atoms with Gasteiger partial charge in [-0.1, -0.05) is 19.4 Å². The SMILES string of the molecule is CCC1CCC(C(=O)OC2CCC(/C=C/C=O)CC2)CC1. The standard InChI is InChI=1S/C18H28O3/c1-2-14-5-9-16(10-6-14)18(20)21-17-11-7-15(8-12-17)4-3-13-19/h3-4,13-17H,2,5-12H2,1H3/b4-3+. The number of ether oxygens (including phenoxy) is 1. The van der Waals surface area contributed by atoms with Gasteiger partial charge in [0.1, 0.15) is 12.4 Å². The quantitative estimate of drug-likeness (QED) is 0.436. The molecule has 0 N–H and O–H groups in total. The first-order valence-corrected chi connectivity index (χ1v) is 8.55. The van der Waals surface area contributed by atoms with E-state index in [-0.39, 0.29) is 18.0 Å². The third-order valence-electron chi connectivity index (χ3n) is 5.22. The van der Waals surface area contributed by atoms with Crippen LogP contribution in [-0.4, -0.2) is 18.4 Å². The molecule has 2 saturated carbocycles. The van der Waals surface area contributed by atoms with Gasteiger partial charge < -0.3 is 4.74 Å². The summed E-state index contributed by atoms with van der Waals surface area (Å²) in [4.78, 5) is 22.6. The molecule has 0 heterocycles. The fraction of sp³-hybridized carbons (Fsp3) is 0.778. The summed E-state index contributed by atoms with van der Waals surface area (Å²) in [6.07, 6.45) is 14.0. The molecule has 3 nitrogen and oxygen atoms in total. The molecule has 3 heteroatoms. The van der Waals surface area contributed by atoms with Gasteiger partial charge in [-0.25, -0.2) is 0 Å². The van der Waals surface area contributed by atoms with Crippen molar-refractivity contribution in [1.82, 2.24) is 0 Å². The Morgan fingerprint density at radius 1 is 1.05 bits per heavy atom. The van der Waals surface area contributed by atoms with Crippen LogP contribution in [0.3, 0.4) is 0 Å². The summed E-state index contributed by atoms with van der Waals surface area (Å²) in [7, 11) is 0. The molecule has 0 radical (unpaired) electrons. The molecule has 0 aromatic heterocycles. The third kappa shape index (κ3) is 4.98. The highest BCUT2D eigenvalue weighted by molar-refractivity contribution is 5.72. The van der Waals surface area contributed by atoms with E-state index < -0.39 is 0 Å². The Kier molecular flexibility index (Phi) is 6.47. The number of carbonyl (C=O) groups is 2. The maximum absolute atomic E-state index is 12.2. The van der Waals surface area contributed by atoms with E-state index in [0.29, 0.717) is 5.92 Å². The van der Waals surface area contributed by atoms with Gasteiger partial charge in [-0.2, -0.15) is 0 Å². The highest BCUT2D eigenvalue weighted by Gasteiger charge is 2.29. The first-order chi connectivity index (χ1) is 10.2. The van der Waals surface area contributed by atoms with Crippen molar-refractivity contribution in [2.75, 3.05) is 0 Å². The minimum atomic E-state index is 0.0384. The molecule has 0 unspecified atom stereocenters. The molecule has 0 bridgehead atoms. The largest absolute Gasteiger partial charge is 0.462 e. The molecule has 0 spiro atoms. The van der Waals surface area contributed by atoms with Crippen molar-refractivity contribution < 1.29 is 14.3 Å². The van der Waals surface area contributed by atoms with Crippen LogP contribution in [0.4, 0.5) is 0 Å². The van der Waals surface area contributed by atoms with E-state index in [1.807, 2.05) is 6.08 Å². The summed E-state index contributed by atoms with van der Waals surface area (Å²) in [5.41, 5.74) is 0. The Labute approximate surface area is 128 Å². The Balaban J connectivity index is 1.70. The van der Waals surface area contributed by atoms with Gasteiger partial charge in [-0.15, -0.1) is 0 Å². The number of hydrogen-bond acceptors (Lipinski definition) is 3. The number of aldehydes is 1. The molecular weight excluding hydrogens is 264 g/mol.